The number of aromatic nitrogens is 1. The zero-order chi connectivity index (χ0) is 38.4. The molecule has 0 saturated heterocycles. The number of sulfone groups is 1. The van der Waals surface area contributed by atoms with E-state index in [9.17, 15) is 36.0 Å². The topological polar surface area (TPSA) is 188 Å². The molecule has 0 aliphatic rings. The van der Waals surface area contributed by atoms with Gasteiger partial charge >= 0.3 is 12.1 Å². The Morgan fingerprint density at radius 1 is 0.942 bits per heavy atom. The van der Waals surface area contributed by atoms with Crippen molar-refractivity contribution in [2.45, 2.75) is 64.1 Å². The molecule has 1 aromatic heterocycles. The molecule has 0 saturated carbocycles. The summed E-state index contributed by atoms with van der Waals surface area (Å²) in [5.41, 5.74) is 2.89. The predicted octanol–water partition coefficient (Wildman–Crippen LogP) is 5.44. The van der Waals surface area contributed by atoms with Crippen molar-refractivity contribution in [3.8, 4) is 11.5 Å². The summed E-state index contributed by atoms with van der Waals surface area (Å²) in [5.74, 6) is -4.46. The molecule has 0 bridgehead atoms. The second kappa shape index (κ2) is 15.8. The summed E-state index contributed by atoms with van der Waals surface area (Å²) < 4.78 is 84.6. The second-order valence-electron chi connectivity index (χ2n) is 11.7. The third-order valence-electron chi connectivity index (χ3n) is 7.46. The number of benzene rings is 3. The predicted molar refractivity (Wildman–Crippen MR) is 187 cm³/mol. The molecule has 1 heterocycles. The number of carbonyl (C=O) groups is 3. The SMILES string of the molecule is CCOc1cc(C(Nc2ccc3c(N)nccc3c2)(OC(=O)C(F)(F)F)C(=O)NCc2cc(NC(C)=O)ccc2S(=O)(=O)CC)ccc1OC(C)C. The number of nitrogens with zero attached hydrogens (tertiary/aromatic N) is 1. The van der Waals surface area contributed by atoms with Crippen LogP contribution in [0.4, 0.5) is 30.4 Å². The third kappa shape index (κ3) is 9.01. The summed E-state index contributed by atoms with van der Waals surface area (Å²) in [5, 5.41) is 8.64. The zero-order valence-electron chi connectivity index (χ0n) is 28.9. The summed E-state index contributed by atoms with van der Waals surface area (Å²) in [6, 6.07) is 13.6. The number of carbonyl (C=O) groups excluding carboxylic acids is 3. The lowest BCUT2D eigenvalue weighted by Crippen LogP contribution is -2.54. The number of amides is 2. The van der Waals surface area contributed by atoms with Crippen molar-refractivity contribution in [2.75, 3.05) is 28.7 Å². The fraction of sp³-hybridized carbons (Fsp3) is 0.314. The van der Waals surface area contributed by atoms with Gasteiger partial charge in [0.1, 0.15) is 5.82 Å². The minimum atomic E-state index is -5.56. The Morgan fingerprint density at radius 3 is 2.29 bits per heavy atom. The van der Waals surface area contributed by atoms with Gasteiger partial charge in [-0.25, -0.2) is 18.2 Å². The summed E-state index contributed by atoms with van der Waals surface area (Å²) in [7, 11) is -3.91. The highest BCUT2D eigenvalue weighted by Gasteiger charge is 2.52. The first-order valence-corrected chi connectivity index (χ1v) is 17.6. The largest absolute Gasteiger partial charge is 0.491 e. The smallest absolute Gasteiger partial charge is 0.490 e. The Hall–Kier alpha value is -5.58. The lowest BCUT2D eigenvalue weighted by atomic mass is 9.99. The Labute approximate surface area is 297 Å². The maximum atomic E-state index is 14.5. The first-order chi connectivity index (χ1) is 24.4. The van der Waals surface area contributed by atoms with Crippen molar-refractivity contribution in [3.05, 3.63) is 78.0 Å². The van der Waals surface area contributed by atoms with Crippen LogP contribution in [0.15, 0.2) is 71.8 Å². The van der Waals surface area contributed by atoms with E-state index in [4.69, 9.17) is 19.9 Å². The molecule has 0 aliphatic carbocycles. The van der Waals surface area contributed by atoms with Crippen molar-refractivity contribution in [2.24, 2.45) is 0 Å². The van der Waals surface area contributed by atoms with Crippen LogP contribution in [0.1, 0.15) is 45.7 Å². The van der Waals surface area contributed by atoms with E-state index in [1.807, 2.05) is 0 Å². The third-order valence-corrected chi connectivity index (χ3v) is 9.29. The first-order valence-electron chi connectivity index (χ1n) is 16.0. The number of nitrogen functional groups attached to an aromatic ring is 1. The summed E-state index contributed by atoms with van der Waals surface area (Å²) in [6.45, 7) is 7.26. The molecule has 17 heteroatoms. The molecule has 2 amide bonds. The monoisotopic (exact) mass is 745 g/mol. The van der Waals surface area contributed by atoms with Gasteiger partial charge in [-0.1, -0.05) is 6.92 Å². The zero-order valence-corrected chi connectivity index (χ0v) is 29.7. The van der Waals surface area contributed by atoms with Gasteiger partial charge in [-0.2, -0.15) is 13.2 Å². The van der Waals surface area contributed by atoms with Gasteiger partial charge in [0.2, 0.25) is 5.91 Å². The van der Waals surface area contributed by atoms with Crippen LogP contribution in [0.2, 0.25) is 0 Å². The van der Waals surface area contributed by atoms with Gasteiger partial charge in [0.25, 0.3) is 11.6 Å². The number of anilines is 3. The molecule has 4 rings (SSSR count). The van der Waals surface area contributed by atoms with Crippen LogP contribution in [-0.4, -0.2) is 55.8 Å². The standard InChI is InChI=1S/C35H38F3N5O8S/c1-6-49-29-18-24(8-12-28(29)50-20(3)4)34(51-33(46)35(36,37)38,43-26-9-11-27-22(16-26)14-15-40-31(27)39)32(45)41-19-23-17-25(42-21(5)44)10-13-30(23)52(47,48)7-2/h8-18,20,43H,6-7,19H2,1-5H3,(H2,39,40)(H,41,45)(H,42,44). The highest BCUT2D eigenvalue weighted by atomic mass is 32.2. The van der Waals surface area contributed by atoms with Gasteiger partial charge < -0.3 is 35.9 Å². The Kier molecular flexibility index (Phi) is 11.9. The number of nitrogens with one attached hydrogen (secondary N) is 3. The fourth-order valence-electron chi connectivity index (χ4n) is 5.17. The molecule has 4 aromatic rings. The molecule has 0 fully saturated rings. The number of hydrogen-bond donors (Lipinski definition) is 4. The number of hydrogen-bond acceptors (Lipinski definition) is 11. The molecular formula is C35H38F3N5O8S. The Bertz CT molecular complexity index is 2090. The molecule has 52 heavy (non-hydrogen) atoms. The Morgan fingerprint density at radius 2 is 1.65 bits per heavy atom. The minimum Gasteiger partial charge on any atom is -0.490 e. The van der Waals surface area contributed by atoms with Crippen LogP contribution >= 0.6 is 0 Å². The van der Waals surface area contributed by atoms with E-state index in [-0.39, 0.29) is 63.2 Å². The van der Waals surface area contributed by atoms with Gasteiger partial charge in [-0.3, -0.25) is 9.59 Å². The average Bonchev–Trinajstić information content (AvgIpc) is 3.06. The number of fused-ring (bicyclic) bond motifs is 1. The number of halogens is 3. The molecule has 3 aromatic carbocycles. The summed E-state index contributed by atoms with van der Waals surface area (Å²) >= 11 is 0. The summed E-state index contributed by atoms with van der Waals surface area (Å²) in [4.78, 5) is 42.8. The van der Waals surface area contributed by atoms with E-state index in [2.05, 4.69) is 20.9 Å². The van der Waals surface area contributed by atoms with Crippen molar-refractivity contribution >= 4 is 55.6 Å². The van der Waals surface area contributed by atoms with Gasteiger partial charge in [-0.05, 0) is 92.4 Å². The van der Waals surface area contributed by atoms with Gasteiger partial charge in [0, 0.05) is 42.0 Å². The summed E-state index contributed by atoms with van der Waals surface area (Å²) in [6.07, 6.45) is -4.50. The number of esters is 1. The highest BCUT2D eigenvalue weighted by Crippen LogP contribution is 2.38. The fourth-order valence-corrected chi connectivity index (χ4v) is 6.29. The van der Waals surface area contributed by atoms with Crippen LogP contribution in [0, 0.1) is 0 Å². The van der Waals surface area contributed by atoms with E-state index in [0.29, 0.717) is 10.8 Å². The van der Waals surface area contributed by atoms with E-state index in [1.165, 1.54) is 74.6 Å². The van der Waals surface area contributed by atoms with Crippen molar-refractivity contribution < 1.29 is 50.2 Å². The molecule has 278 valence electrons. The van der Waals surface area contributed by atoms with Crippen LogP contribution in [0.3, 0.4) is 0 Å². The van der Waals surface area contributed by atoms with E-state index in [1.54, 1.807) is 26.8 Å². The van der Waals surface area contributed by atoms with Crippen molar-refractivity contribution in [1.29, 1.82) is 0 Å². The number of ether oxygens (including phenoxy) is 3. The maximum Gasteiger partial charge on any atom is 0.491 e. The molecular weight excluding hydrogens is 707 g/mol. The van der Waals surface area contributed by atoms with E-state index < -0.39 is 46.1 Å². The molecule has 0 radical (unpaired) electrons. The van der Waals surface area contributed by atoms with Gasteiger partial charge in [0.05, 0.1) is 23.4 Å². The maximum absolute atomic E-state index is 14.5. The first kappa shape index (κ1) is 39.2. The van der Waals surface area contributed by atoms with Crippen LogP contribution < -0.4 is 31.2 Å². The highest BCUT2D eigenvalue weighted by molar-refractivity contribution is 7.91. The normalized spacial score (nSPS) is 12.9. The van der Waals surface area contributed by atoms with Crippen molar-refractivity contribution in [1.82, 2.24) is 10.3 Å². The van der Waals surface area contributed by atoms with E-state index in [0.717, 1.165) is 0 Å². The number of pyridine rings is 1. The minimum absolute atomic E-state index is 0.0122. The van der Waals surface area contributed by atoms with Crippen LogP contribution in [0.5, 0.6) is 11.5 Å². The van der Waals surface area contributed by atoms with E-state index >= 15 is 0 Å². The average molecular weight is 746 g/mol. The quantitative estimate of drug-likeness (QED) is 0.0951. The lowest BCUT2D eigenvalue weighted by Gasteiger charge is -2.35. The van der Waals surface area contributed by atoms with Gasteiger partial charge in [-0.15, -0.1) is 0 Å². The lowest BCUT2D eigenvalue weighted by molar-refractivity contribution is -0.213. The van der Waals surface area contributed by atoms with Crippen molar-refractivity contribution in [3.63, 3.8) is 0 Å². The van der Waals surface area contributed by atoms with Crippen LogP contribution in [-0.2, 0) is 41.2 Å². The Balaban J connectivity index is 1.95. The molecule has 1 atom stereocenters. The number of nitrogens with two attached hydrogens (primary N) is 1. The molecule has 13 nitrogen and oxygen atoms in total. The molecule has 1 unspecified atom stereocenters. The number of alkyl halides is 3. The second-order valence-corrected chi connectivity index (χ2v) is 13.9. The molecule has 0 spiro atoms. The van der Waals surface area contributed by atoms with Gasteiger partial charge in [0.15, 0.2) is 21.3 Å². The molecule has 0 aliphatic heterocycles. The van der Waals surface area contributed by atoms with Crippen LogP contribution in [0.25, 0.3) is 10.8 Å². The molecule has 5 N–H and O–H groups in total. The number of rotatable bonds is 14.